The van der Waals surface area contributed by atoms with E-state index in [1.54, 1.807) is 48.5 Å². The van der Waals surface area contributed by atoms with E-state index in [9.17, 15) is 14.9 Å². The maximum absolute atomic E-state index is 12.2. The number of Topliss-reactive ketones (excluding diaryl/α,β-unsaturated/α-hetero) is 1. The van der Waals surface area contributed by atoms with Crippen LogP contribution in [0.2, 0.25) is 0 Å². The third-order valence-electron chi connectivity index (χ3n) is 3.44. The van der Waals surface area contributed by atoms with Crippen molar-refractivity contribution in [1.82, 2.24) is 0 Å². The number of ether oxygens (including phenoxy) is 1. The lowest BCUT2D eigenvalue weighted by Gasteiger charge is -2.07. The summed E-state index contributed by atoms with van der Waals surface area (Å²) < 4.78 is 5.36. The number of rotatable bonds is 7. The second-order valence-electron chi connectivity index (χ2n) is 5.36. The van der Waals surface area contributed by atoms with Gasteiger partial charge in [-0.1, -0.05) is 12.1 Å². The van der Waals surface area contributed by atoms with Gasteiger partial charge in [-0.2, -0.15) is 5.26 Å². The van der Waals surface area contributed by atoms with Crippen LogP contribution in [-0.4, -0.2) is 18.3 Å². The molecule has 6 nitrogen and oxygen atoms in total. The zero-order valence-electron chi connectivity index (χ0n) is 14.6. The number of anilines is 2. The molecule has 132 valence electrons. The number of benzene rings is 2. The molecule has 0 bridgehead atoms. The summed E-state index contributed by atoms with van der Waals surface area (Å²) in [6, 6.07) is 15.5. The first-order chi connectivity index (χ1) is 12.5. The van der Waals surface area contributed by atoms with Gasteiger partial charge in [0.25, 0.3) is 5.91 Å². The highest BCUT2D eigenvalue weighted by molar-refractivity contribution is 6.07. The number of ketones is 1. The number of nitrogens with zero attached hydrogens (tertiary/aromatic N) is 1. The van der Waals surface area contributed by atoms with Crippen LogP contribution in [0, 0.1) is 11.3 Å². The minimum Gasteiger partial charge on any atom is -0.494 e. The number of nitrogens with one attached hydrogen (secondary N) is 2. The number of hydrogen-bond donors (Lipinski definition) is 2. The van der Waals surface area contributed by atoms with E-state index in [1.165, 1.54) is 13.1 Å². The summed E-state index contributed by atoms with van der Waals surface area (Å²) >= 11 is 0. The number of amides is 1. The van der Waals surface area contributed by atoms with Crippen molar-refractivity contribution in [1.29, 1.82) is 5.26 Å². The maximum atomic E-state index is 12.2. The van der Waals surface area contributed by atoms with Crippen LogP contribution in [0.4, 0.5) is 11.4 Å². The highest BCUT2D eigenvalue weighted by atomic mass is 16.5. The molecule has 0 saturated carbocycles. The molecule has 0 aliphatic heterocycles. The Morgan fingerprint density at radius 3 is 2.50 bits per heavy atom. The number of hydrogen-bond acceptors (Lipinski definition) is 5. The van der Waals surface area contributed by atoms with E-state index < -0.39 is 5.91 Å². The van der Waals surface area contributed by atoms with Crippen LogP contribution in [0.15, 0.2) is 60.3 Å². The molecule has 0 aliphatic carbocycles. The predicted octanol–water partition coefficient (Wildman–Crippen LogP) is 3.75. The van der Waals surface area contributed by atoms with Gasteiger partial charge in [-0.05, 0) is 50.2 Å². The average molecular weight is 349 g/mol. The molecule has 0 aliphatic rings. The zero-order valence-corrected chi connectivity index (χ0v) is 14.6. The molecule has 2 N–H and O–H groups in total. The van der Waals surface area contributed by atoms with Crippen LogP contribution in [0.1, 0.15) is 24.2 Å². The normalized spacial score (nSPS) is 10.6. The van der Waals surface area contributed by atoms with Gasteiger partial charge in [0.15, 0.2) is 5.78 Å². The summed E-state index contributed by atoms with van der Waals surface area (Å²) in [5.74, 6) is 0.0755. The van der Waals surface area contributed by atoms with Crippen LogP contribution in [0.25, 0.3) is 0 Å². The van der Waals surface area contributed by atoms with Crippen molar-refractivity contribution in [2.75, 3.05) is 17.2 Å². The minimum atomic E-state index is -0.563. The van der Waals surface area contributed by atoms with Crippen LogP contribution in [-0.2, 0) is 4.79 Å². The van der Waals surface area contributed by atoms with Gasteiger partial charge < -0.3 is 15.4 Å². The lowest BCUT2D eigenvalue weighted by Crippen LogP contribution is -2.14. The maximum Gasteiger partial charge on any atom is 0.267 e. The molecule has 2 rings (SSSR count). The smallest absolute Gasteiger partial charge is 0.267 e. The second kappa shape index (κ2) is 9.04. The fourth-order valence-electron chi connectivity index (χ4n) is 2.13. The highest BCUT2D eigenvalue weighted by Crippen LogP contribution is 2.16. The fourth-order valence-corrected chi connectivity index (χ4v) is 2.13. The molecular weight excluding hydrogens is 330 g/mol. The Balaban J connectivity index is 2.06. The van der Waals surface area contributed by atoms with E-state index in [1.807, 2.05) is 13.0 Å². The SMILES string of the molecule is CCOc1ccc(N/C=C(/C#N)C(=O)Nc2cccc(C(C)=O)c2)cc1. The molecule has 2 aromatic rings. The number of carbonyl (C=O) groups is 2. The lowest BCUT2D eigenvalue weighted by atomic mass is 10.1. The summed E-state index contributed by atoms with van der Waals surface area (Å²) in [5.41, 5.74) is 1.56. The summed E-state index contributed by atoms with van der Waals surface area (Å²) in [4.78, 5) is 23.6. The van der Waals surface area contributed by atoms with Crippen molar-refractivity contribution < 1.29 is 14.3 Å². The van der Waals surface area contributed by atoms with Crippen molar-refractivity contribution >= 4 is 23.1 Å². The summed E-state index contributed by atoms with van der Waals surface area (Å²) in [5, 5.41) is 14.7. The third-order valence-corrected chi connectivity index (χ3v) is 3.44. The Bertz CT molecular complexity index is 865. The van der Waals surface area contributed by atoms with Crippen LogP contribution >= 0.6 is 0 Å². The van der Waals surface area contributed by atoms with E-state index in [-0.39, 0.29) is 11.4 Å². The van der Waals surface area contributed by atoms with Crippen molar-refractivity contribution in [2.24, 2.45) is 0 Å². The lowest BCUT2D eigenvalue weighted by molar-refractivity contribution is -0.112. The van der Waals surface area contributed by atoms with Crippen molar-refractivity contribution in [3.8, 4) is 11.8 Å². The summed E-state index contributed by atoms with van der Waals surface area (Å²) in [7, 11) is 0. The monoisotopic (exact) mass is 349 g/mol. The minimum absolute atomic E-state index is 0.0906. The van der Waals surface area contributed by atoms with Gasteiger partial charge in [-0.15, -0.1) is 0 Å². The highest BCUT2D eigenvalue weighted by Gasteiger charge is 2.10. The third kappa shape index (κ3) is 5.21. The van der Waals surface area contributed by atoms with Gasteiger partial charge in [-0.3, -0.25) is 9.59 Å². The van der Waals surface area contributed by atoms with Gasteiger partial charge in [0, 0.05) is 23.1 Å². The summed E-state index contributed by atoms with van der Waals surface area (Å²) in [6.45, 7) is 3.93. The molecule has 1 amide bonds. The first kappa shape index (κ1) is 18.7. The van der Waals surface area contributed by atoms with E-state index in [0.29, 0.717) is 23.5 Å². The van der Waals surface area contributed by atoms with E-state index in [0.717, 1.165) is 5.75 Å². The molecule has 0 aromatic heterocycles. The van der Waals surface area contributed by atoms with E-state index in [4.69, 9.17) is 4.74 Å². The van der Waals surface area contributed by atoms with Crippen molar-refractivity contribution in [3.63, 3.8) is 0 Å². The molecule has 2 aromatic carbocycles. The predicted molar refractivity (Wildman–Crippen MR) is 100 cm³/mol. The van der Waals surface area contributed by atoms with Gasteiger partial charge in [0.1, 0.15) is 17.4 Å². The Kier molecular flexibility index (Phi) is 6.52. The number of nitriles is 1. The molecule has 26 heavy (non-hydrogen) atoms. The quantitative estimate of drug-likeness (QED) is 0.451. The Labute approximate surface area is 152 Å². The molecule has 0 unspecified atom stereocenters. The van der Waals surface area contributed by atoms with E-state index >= 15 is 0 Å². The van der Waals surface area contributed by atoms with Gasteiger partial charge in [0.05, 0.1) is 6.61 Å². The fraction of sp³-hybridized carbons (Fsp3) is 0.150. The second-order valence-corrected chi connectivity index (χ2v) is 5.36. The molecular formula is C20H19N3O3. The van der Waals surface area contributed by atoms with Gasteiger partial charge in [0.2, 0.25) is 0 Å². The largest absolute Gasteiger partial charge is 0.494 e. The number of carbonyl (C=O) groups excluding carboxylic acids is 2. The summed E-state index contributed by atoms with van der Waals surface area (Å²) in [6.07, 6.45) is 1.33. The topological polar surface area (TPSA) is 91.2 Å². The van der Waals surface area contributed by atoms with Gasteiger partial charge in [-0.25, -0.2) is 0 Å². The van der Waals surface area contributed by atoms with Crippen molar-refractivity contribution in [3.05, 3.63) is 65.9 Å². The average Bonchev–Trinajstić information content (AvgIpc) is 2.64. The van der Waals surface area contributed by atoms with Gasteiger partial charge >= 0.3 is 0 Å². The van der Waals surface area contributed by atoms with Crippen molar-refractivity contribution in [2.45, 2.75) is 13.8 Å². The Morgan fingerprint density at radius 2 is 1.88 bits per heavy atom. The van der Waals surface area contributed by atoms with Crippen LogP contribution in [0.5, 0.6) is 5.75 Å². The Morgan fingerprint density at radius 1 is 1.15 bits per heavy atom. The molecule has 6 heteroatoms. The zero-order chi connectivity index (χ0) is 18.9. The van der Waals surface area contributed by atoms with E-state index in [2.05, 4.69) is 10.6 Å². The molecule has 0 saturated heterocycles. The van der Waals surface area contributed by atoms with Crippen LogP contribution < -0.4 is 15.4 Å². The first-order valence-corrected chi connectivity index (χ1v) is 8.05. The molecule has 0 radical (unpaired) electrons. The molecule has 0 fully saturated rings. The molecule has 0 spiro atoms. The van der Waals surface area contributed by atoms with Crippen LogP contribution in [0.3, 0.4) is 0 Å². The standard InChI is InChI=1S/C20H19N3O3/c1-3-26-19-9-7-17(8-10-19)22-13-16(12-21)20(25)23-18-6-4-5-15(11-18)14(2)24/h4-11,13,22H,3H2,1-2H3,(H,23,25)/b16-13-. The Hall–Kier alpha value is -3.59. The molecule has 0 heterocycles. The molecule has 0 atom stereocenters. The first-order valence-electron chi connectivity index (χ1n) is 8.05.